The molecule has 138 valence electrons. The molecule has 24 heavy (non-hydrogen) atoms. The van der Waals surface area contributed by atoms with E-state index in [1.807, 2.05) is 12.1 Å². The Morgan fingerprint density at radius 1 is 0.917 bits per heavy atom. The maximum Gasteiger partial charge on any atom is 0.118 e. The standard InChI is InChI=1S/C21H36NO.ClH/c1-5-6-7-8-9-11-18-22(2,3)19-12-10-13-20-14-16-21(23-4)17-15-20;/h10,12,14-17H,5-9,11,13,18-19H2,1-4H3;1H/q+1;/p-1. The van der Waals surface area contributed by atoms with Gasteiger partial charge < -0.3 is 21.6 Å². The molecule has 0 aromatic heterocycles. The van der Waals surface area contributed by atoms with E-state index in [2.05, 4.69) is 45.3 Å². The van der Waals surface area contributed by atoms with Crippen molar-refractivity contribution in [1.82, 2.24) is 0 Å². The zero-order chi connectivity index (χ0) is 17.0. The number of benzene rings is 1. The Bertz CT molecular complexity index is 440. The zero-order valence-corrected chi connectivity index (χ0v) is 16.8. The lowest BCUT2D eigenvalue weighted by atomic mass is 10.1. The van der Waals surface area contributed by atoms with Crippen LogP contribution >= 0.6 is 0 Å². The van der Waals surface area contributed by atoms with Gasteiger partial charge in [0.05, 0.1) is 34.3 Å². The number of likely N-dealkylation sites (N-methyl/N-ethyl adjacent to an activating group) is 1. The smallest absolute Gasteiger partial charge is 0.118 e. The molecule has 1 rings (SSSR count). The fourth-order valence-electron chi connectivity index (χ4n) is 2.75. The van der Waals surface area contributed by atoms with Crippen LogP contribution in [0.5, 0.6) is 5.75 Å². The average molecular weight is 354 g/mol. The van der Waals surface area contributed by atoms with Gasteiger partial charge in [0.2, 0.25) is 0 Å². The lowest BCUT2D eigenvalue weighted by molar-refractivity contribution is -0.884. The van der Waals surface area contributed by atoms with Crippen molar-refractivity contribution in [2.24, 2.45) is 0 Å². The third-order valence-electron chi connectivity index (χ3n) is 4.40. The molecule has 0 saturated heterocycles. The summed E-state index contributed by atoms with van der Waals surface area (Å²) in [6.07, 6.45) is 13.9. The number of methoxy groups -OCH3 is 1. The molecular formula is C21H36ClNO. The summed E-state index contributed by atoms with van der Waals surface area (Å²) in [4.78, 5) is 0. The van der Waals surface area contributed by atoms with Crippen molar-refractivity contribution in [3.05, 3.63) is 42.0 Å². The van der Waals surface area contributed by atoms with Crippen LogP contribution in [0.15, 0.2) is 36.4 Å². The molecule has 0 aliphatic heterocycles. The van der Waals surface area contributed by atoms with Crippen LogP contribution < -0.4 is 17.1 Å². The summed E-state index contributed by atoms with van der Waals surface area (Å²) in [5, 5.41) is 0. The van der Waals surface area contributed by atoms with Gasteiger partial charge in [-0.3, -0.25) is 0 Å². The first-order valence-corrected chi connectivity index (χ1v) is 9.17. The van der Waals surface area contributed by atoms with E-state index in [4.69, 9.17) is 4.74 Å². The number of halogens is 1. The van der Waals surface area contributed by atoms with Gasteiger partial charge >= 0.3 is 0 Å². The van der Waals surface area contributed by atoms with Crippen molar-refractivity contribution in [2.45, 2.75) is 51.9 Å². The SMILES string of the molecule is CCCCCCCC[N+](C)(C)CC=CCc1ccc(OC)cc1.[Cl-]. The predicted molar refractivity (Wildman–Crippen MR) is 101 cm³/mol. The largest absolute Gasteiger partial charge is 1.00 e. The first-order chi connectivity index (χ1) is 11.1. The van der Waals surface area contributed by atoms with E-state index in [0.29, 0.717) is 0 Å². The minimum atomic E-state index is 0. The molecule has 2 nitrogen and oxygen atoms in total. The van der Waals surface area contributed by atoms with Crippen molar-refractivity contribution in [3.63, 3.8) is 0 Å². The molecule has 0 N–H and O–H groups in total. The summed E-state index contributed by atoms with van der Waals surface area (Å²) < 4.78 is 6.28. The summed E-state index contributed by atoms with van der Waals surface area (Å²) >= 11 is 0. The number of hydrogen-bond acceptors (Lipinski definition) is 1. The number of unbranched alkanes of at least 4 members (excludes halogenated alkanes) is 5. The van der Waals surface area contributed by atoms with Gasteiger partial charge in [-0.25, -0.2) is 0 Å². The van der Waals surface area contributed by atoms with Crippen LogP contribution in [0.3, 0.4) is 0 Å². The van der Waals surface area contributed by atoms with Gasteiger partial charge in [-0.2, -0.15) is 0 Å². The molecule has 0 bridgehead atoms. The Labute approximate surface area is 155 Å². The molecule has 0 aliphatic rings. The highest BCUT2D eigenvalue weighted by Crippen LogP contribution is 2.12. The van der Waals surface area contributed by atoms with Crippen LogP contribution in [0.25, 0.3) is 0 Å². The number of rotatable bonds is 12. The summed E-state index contributed by atoms with van der Waals surface area (Å²) in [6, 6.07) is 8.34. The highest BCUT2D eigenvalue weighted by Gasteiger charge is 2.11. The summed E-state index contributed by atoms with van der Waals surface area (Å²) in [7, 11) is 6.38. The van der Waals surface area contributed by atoms with Gasteiger partial charge in [0.25, 0.3) is 0 Å². The average Bonchev–Trinajstić information content (AvgIpc) is 2.55. The molecular weight excluding hydrogens is 318 g/mol. The second-order valence-corrected chi connectivity index (χ2v) is 7.13. The van der Waals surface area contributed by atoms with Gasteiger partial charge in [0.1, 0.15) is 5.75 Å². The molecule has 0 radical (unpaired) electrons. The van der Waals surface area contributed by atoms with Crippen molar-refractivity contribution in [3.8, 4) is 5.75 Å². The third kappa shape index (κ3) is 10.7. The predicted octanol–water partition coefficient (Wildman–Crippen LogP) is 2.23. The Balaban J connectivity index is 0.00000529. The Morgan fingerprint density at radius 2 is 1.54 bits per heavy atom. The van der Waals surface area contributed by atoms with E-state index in [1.165, 1.54) is 50.6 Å². The van der Waals surface area contributed by atoms with E-state index in [1.54, 1.807) is 7.11 Å². The number of hydrogen-bond donors (Lipinski definition) is 0. The Morgan fingerprint density at radius 3 is 2.17 bits per heavy atom. The highest BCUT2D eigenvalue weighted by molar-refractivity contribution is 5.28. The van der Waals surface area contributed by atoms with Gasteiger partial charge in [0, 0.05) is 0 Å². The van der Waals surface area contributed by atoms with Gasteiger partial charge in [-0.05, 0) is 43.0 Å². The molecule has 0 heterocycles. The van der Waals surface area contributed by atoms with Crippen LogP contribution in [0.2, 0.25) is 0 Å². The lowest BCUT2D eigenvalue weighted by Gasteiger charge is -2.28. The molecule has 0 saturated carbocycles. The summed E-state index contributed by atoms with van der Waals surface area (Å²) in [5.74, 6) is 0.925. The van der Waals surface area contributed by atoms with Crippen LogP contribution in [-0.2, 0) is 6.42 Å². The van der Waals surface area contributed by atoms with E-state index >= 15 is 0 Å². The number of quaternary nitrogens is 1. The topological polar surface area (TPSA) is 9.23 Å². The highest BCUT2D eigenvalue weighted by atomic mass is 35.5. The Kier molecular flexibility index (Phi) is 12.8. The lowest BCUT2D eigenvalue weighted by Crippen LogP contribution is -3.00. The molecule has 0 amide bonds. The first kappa shape index (κ1) is 23.0. The van der Waals surface area contributed by atoms with Gasteiger partial charge in [0.15, 0.2) is 0 Å². The fraction of sp³-hybridized carbons (Fsp3) is 0.619. The molecule has 3 heteroatoms. The molecule has 0 fully saturated rings. The number of allylic oxidation sites excluding steroid dienone is 1. The second-order valence-electron chi connectivity index (χ2n) is 7.13. The van der Waals surface area contributed by atoms with Crippen molar-refractivity contribution >= 4 is 0 Å². The van der Waals surface area contributed by atoms with Crippen LogP contribution in [0.4, 0.5) is 0 Å². The van der Waals surface area contributed by atoms with Gasteiger partial charge in [-0.1, -0.05) is 50.8 Å². The van der Waals surface area contributed by atoms with E-state index in [0.717, 1.165) is 23.2 Å². The first-order valence-electron chi connectivity index (χ1n) is 9.17. The zero-order valence-electron chi connectivity index (χ0n) is 16.1. The monoisotopic (exact) mass is 353 g/mol. The normalized spacial score (nSPS) is 11.5. The van der Waals surface area contributed by atoms with Crippen LogP contribution in [0.1, 0.15) is 51.0 Å². The van der Waals surface area contributed by atoms with Crippen LogP contribution in [-0.4, -0.2) is 38.8 Å². The van der Waals surface area contributed by atoms with Crippen molar-refractivity contribution in [2.75, 3.05) is 34.3 Å². The van der Waals surface area contributed by atoms with Crippen molar-refractivity contribution < 1.29 is 21.6 Å². The molecule has 0 spiro atoms. The number of nitrogens with zero attached hydrogens (tertiary/aromatic N) is 1. The van der Waals surface area contributed by atoms with E-state index < -0.39 is 0 Å². The minimum Gasteiger partial charge on any atom is -1.00 e. The summed E-state index contributed by atoms with van der Waals surface area (Å²) in [6.45, 7) is 4.67. The van der Waals surface area contributed by atoms with Gasteiger partial charge in [-0.15, -0.1) is 0 Å². The van der Waals surface area contributed by atoms with E-state index in [9.17, 15) is 0 Å². The summed E-state index contributed by atoms with van der Waals surface area (Å²) in [5.41, 5.74) is 1.34. The molecule has 0 atom stereocenters. The fourth-order valence-corrected chi connectivity index (χ4v) is 2.75. The second kappa shape index (κ2) is 13.3. The quantitative estimate of drug-likeness (QED) is 0.318. The maximum absolute atomic E-state index is 5.19. The number of ether oxygens (including phenoxy) is 1. The third-order valence-corrected chi connectivity index (χ3v) is 4.40. The van der Waals surface area contributed by atoms with E-state index in [-0.39, 0.29) is 12.4 Å². The minimum absolute atomic E-state index is 0. The molecule has 1 aromatic carbocycles. The maximum atomic E-state index is 5.19. The van der Waals surface area contributed by atoms with Crippen molar-refractivity contribution in [1.29, 1.82) is 0 Å². The van der Waals surface area contributed by atoms with Crippen LogP contribution in [0, 0.1) is 0 Å². The molecule has 0 unspecified atom stereocenters. The molecule has 0 aliphatic carbocycles. The molecule has 1 aromatic rings. The Hall–Kier alpha value is -0.990.